The van der Waals surface area contributed by atoms with E-state index in [0.717, 1.165) is 42.5 Å². The Balaban J connectivity index is 1.61. The van der Waals surface area contributed by atoms with Crippen molar-refractivity contribution in [2.45, 2.75) is 39.2 Å². The molecule has 98 valence electrons. The summed E-state index contributed by atoms with van der Waals surface area (Å²) in [5.41, 5.74) is 1.08. The van der Waals surface area contributed by atoms with Crippen LogP contribution >= 0.6 is 0 Å². The number of aromatic nitrogens is 2. The van der Waals surface area contributed by atoms with E-state index in [0.29, 0.717) is 0 Å². The molecule has 1 N–H and O–H groups in total. The SMILES string of the molecule is C=CCn1cc(C)nc1NCC1CC2CCC1C2. The van der Waals surface area contributed by atoms with Crippen LogP contribution in [0.4, 0.5) is 5.95 Å². The minimum Gasteiger partial charge on any atom is -0.355 e. The van der Waals surface area contributed by atoms with Gasteiger partial charge in [0.25, 0.3) is 0 Å². The van der Waals surface area contributed by atoms with Crippen LogP contribution in [0.25, 0.3) is 0 Å². The Labute approximate surface area is 109 Å². The Bertz CT molecular complexity index is 435. The van der Waals surface area contributed by atoms with Crippen molar-refractivity contribution in [3.05, 3.63) is 24.5 Å². The number of rotatable bonds is 5. The molecule has 2 aliphatic rings. The second kappa shape index (κ2) is 4.79. The molecule has 1 heterocycles. The summed E-state index contributed by atoms with van der Waals surface area (Å²) in [6.45, 7) is 7.77. The number of anilines is 1. The zero-order valence-corrected chi connectivity index (χ0v) is 11.2. The van der Waals surface area contributed by atoms with Crippen LogP contribution in [0.5, 0.6) is 0 Å². The van der Waals surface area contributed by atoms with E-state index in [1.807, 2.05) is 13.0 Å². The van der Waals surface area contributed by atoms with E-state index in [9.17, 15) is 0 Å². The third kappa shape index (κ3) is 2.18. The van der Waals surface area contributed by atoms with Crippen LogP contribution < -0.4 is 5.32 Å². The predicted molar refractivity (Wildman–Crippen MR) is 74.6 cm³/mol. The molecule has 2 bridgehead atoms. The van der Waals surface area contributed by atoms with Crippen LogP contribution in [0.15, 0.2) is 18.9 Å². The summed E-state index contributed by atoms with van der Waals surface area (Å²) >= 11 is 0. The molecule has 2 fully saturated rings. The van der Waals surface area contributed by atoms with Gasteiger partial charge in [0, 0.05) is 19.3 Å². The number of hydrogen-bond donors (Lipinski definition) is 1. The number of nitrogens with zero attached hydrogens (tertiary/aromatic N) is 2. The van der Waals surface area contributed by atoms with Gasteiger partial charge in [0.15, 0.2) is 0 Å². The quantitative estimate of drug-likeness (QED) is 0.807. The smallest absolute Gasteiger partial charge is 0.203 e. The average Bonchev–Trinajstić information content (AvgIpc) is 3.02. The van der Waals surface area contributed by atoms with E-state index < -0.39 is 0 Å². The first-order chi connectivity index (χ1) is 8.76. The third-order valence-corrected chi connectivity index (χ3v) is 4.63. The Kier molecular flexibility index (Phi) is 3.14. The summed E-state index contributed by atoms with van der Waals surface area (Å²) in [6, 6.07) is 0. The molecular formula is C15H23N3. The average molecular weight is 245 g/mol. The molecule has 2 aliphatic carbocycles. The summed E-state index contributed by atoms with van der Waals surface area (Å²) in [7, 11) is 0. The largest absolute Gasteiger partial charge is 0.355 e. The van der Waals surface area contributed by atoms with Gasteiger partial charge in [0.05, 0.1) is 5.69 Å². The maximum Gasteiger partial charge on any atom is 0.203 e. The van der Waals surface area contributed by atoms with Gasteiger partial charge in [0.2, 0.25) is 5.95 Å². The van der Waals surface area contributed by atoms with Crippen LogP contribution in [0.2, 0.25) is 0 Å². The summed E-state index contributed by atoms with van der Waals surface area (Å²) in [5, 5.41) is 3.55. The van der Waals surface area contributed by atoms with Gasteiger partial charge in [-0.05, 0) is 43.9 Å². The first-order valence-electron chi connectivity index (χ1n) is 7.15. The van der Waals surface area contributed by atoms with Gasteiger partial charge in [-0.25, -0.2) is 4.98 Å². The van der Waals surface area contributed by atoms with Crippen molar-refractivity contribution in [2.24, 2.45) is 17.8 Å². The lowest BCUT2D eigenvalue weighted by Gasteiger charge is -2.22. The summed E-state index contributed by atoms with van der Waals surface area (Å²) in [6.07, 6.45) is 9.85. The molecule has 0 saturated heterocycles. The molecule has 3 nitrogen and oxygen atoms in total. The third-order valence-electron chi connectivity index (χ3n) is 4.63. The molecule has 3 rings (SSSR count). The van der Waals surface area contributed by atoms with E-state index in [4.69, 9.17) is 0 Å². The summed E-state index contributed by atoms with van der Waals surface area (Å²) < 4.78 is 2.15. The lowest BCUT2D eigenvalue weighted by atomic mass is 9.89. The van der Waals surface area contributed by atoms with E-state index in [1.165, 1.54) is 25.7 Å². The van der Waals surface area contributed by atoms with Crippen molar-refractivity contribution in [3.63, 3.8) is 0 Å². The monoisotopic (exact) mass is 245 g/mol. The number of imidazole rings is 1. The second-order valence-corrected chi connectivity index (χ2v) is 5.96. The van der Waals surface area contributed by atoms with Crippen molar-refractivity contribution >= 4 is 5.95 Å². The highest BCUT2D eigenvalue weighted by Crippen LogP contribution is 2.48. The topological polar surface area (TPSA) is 29.9 Å². The Morgan fingerprint density at radius 3 is 3.06 bits per heavy atom. The van der Waals surface area contributed by atoms with Gasteiger partial charge >= 0.3 is 0 Å². The van der Waals surface area contributed by atoms with Crippen molar-refractivity contribution in [3.8, 4) is 0 Å². The second-order valence-electron chi connectivity index (χ2n) is 5.96. The Hall–Kier alpha value is -1.25. The van der Waals surface area contributed by atoms with Gasteiger partial charge in [0.1, 0.15) is 0 Å². The first kappa shape index (κ1) is 11.8. The molecule has 0 amide bonds. The molecule has 0 aliphatic heterocycles. The van der Waals surface area contributed by atoms with Gasteiger partial charge in [-0.3, -0.25) is 0 Å². The minimum absolute atomic E-state index is 0.833. The van der Waals surface area contributed by atoms with Crippen LogP contribution in [0, 0.1) is 24.7 Å². The van der Waals surface area contributed by atoms with E-state index >= 15 is 0 Å². The molecule has 0 radical (unpaired) electrons. The van der Waals surface area contributed by atoms with Gasteiger partial charge < -0.3 is 9.88 Å². The lowest BCUT2D eigenvalue weighted by molar-refractivity contribution is 0.347. The fraction of sp³-hybridized carbons (Fsp3) is 0.667. The zero-order chi connectivity index (χ0) is 12.5. The summed E-state index contributed by atoms with van der Waals surface area (Å²) in [5.74, 6) is 3.89. The highest BCUT2D eigenvalue weighted by molar-refractivity contribution is 5.29. The highest BCUT2D eigenvalue weighted by Gasteiger charge is 2.39. The molecule has 0 aromatic carbocycles. The van der Waals surface area contributed by atoms with E-state index in [-0.39, 0.29) is 0 Å². The van der Waals surface area contributed by atoms with Crippen LogP contribution in [0.3, 0.4) is 0 Å². The number of allylic oxidation sites excluding steroid dienone is 1. The van der Waals surface area contributed by atoms with Crippen LogP contribution in [-0.4, -0.2) is 16.1 Å². The fourth-order valence-electron chi connectivity index (χ4n) is 3.81. The van der Waals surface area contributed by atoms with Gasteiger partial charge in [-0.15, -0.1) is 6.58 Å². The van der Waals surface area contributed by atoms with E-state index in [2.05, 4.69) is 27.6 Å². The van der Waals surface area contributed by atoms with Crippen molar-refractivity contribution in [2.75, 3.05) is 11.9 Å². The van der Waals surface area contributed by atoms with Crippen molar-refractivity contribution in [1.82, 2.24) is 9.55 Å². The fourth-order valence-corrected chi connectivity index (χ4v) is 3.81. The molecule has 1 aromatic rings. The van der Waals surface area contributed by atoms with Crippen LogP contribution in [0.1, 0.15) is 31.4 Å². The standard InChI is InChI=1S/C15H23N3/c1-3-6-18-10-11(2)17-15(18)16-9-14-8-12-4-5-13(14)7-12/h3,10,12-14H,1,4-9H2,2H3,(H,16,17). The maximum absolute atomic E-state index is 4.56. The molecule has 0 spiro atoms. The minimum atomic E-state index is 0.833. The summed E-state index contributed by atoms with van der Waals surface area (Å²) in [4.78, 5) is 4.56. The molecule has 3 atom stereocenters. The maximum atomic E-state index is 4.56. The van der Waals surface area contributed by atoms with Gasteiger partial charge in [-0.1, -0.05) is 12.5 Å². The number of fused-ring (bicyclic) bond motifs is 2. The molecule has 18 heavy (non-hydrogen) atoms. The number of hydrogen-bond acceptors (Lipinski definition) is 2. The number of aryl methyl sites for hydroxylation is 1. The van der Waals surface area contributed by atoms with E-state index in [1.54, 1.807) is 0 Å². The van der Waals surface area contributed by atoms with Crippen LogP contribution in [-0.2, 0) is 6.54 Å². The zero-order valence-electron chi connectivity index (χ0n) is 11.2. The first-order valence-corrected chi connectivity index (χ1v) is 7.15. The number of nitrogens with one attached hydrogen (secondary N) is 1. The molecule has 3 heteroatoms. The van der Waals surface area contributed by atoms with Crippen molar-refractivity contribution < 1.29 is 0 Å². The normalized spacial score (nSPS) is 29.7. The Morgan fingerprint density at radius 1 is 1.50 bits per heavy atom. The molecule has 1 aromatic heterocycles. The molecule has 2 saturated carbocycles. The Morgan fingerprint density at radius 2 is 2.39 bits per heavy atom. The highest BCUT2D eigenvalue weighted by atomic mass is 15.2. The lowest BCUT2D eigenvalue weighted by Crippen LogP contribution is -2.21. The predicted octanol–water partition coefficient (Wildman–Crippen LogP) is 3.23. The molecular weight excluding hydrogens is 222 g/mol. The molecule has 3 unspecified atom stereocenters. The van der Waals surface area contributed by atoms with Crippen molar-refractivity contribution in [1.29, 1.82) is 0 Å². The van der Waals surface area contributed by atoms with Gasteiger partial charge in [-0.2, -0.15) is 0 Å².